The van der Waals surface area contributed by atoms with Gasteiger partial charge in [-0.25, -0.2) is 9.97 Å². The molecular weight excluding hydrogens is 422 g/mol. The van der Waals surface area contributed by atoms with Gasteiger partial charge in [-0.15, -0.1) is 0 Å². The number of piperidine rings is 1. The van der Waals surface area contributed by atoms with E-state index >= 15 is 0 Å². The Morgan fingerprint density at radius 1 is 1.29 bits per heavy atom. The Morgan fingerprint density at radius 2 is 2.00 bits per heavy atom. The van der Waals surface area contributed by atoms with Gasteiger partial charge in [-0.3, -0.25) is 4.79 Å². The van der Waals surface area contributed by atoms with E-state index < -0.39 is 0 Å². The van der Waals surface area contributed by atoms with Gasteiger partial charge in [-0.2, -0.15) is 0 Å². The summed E-state index contributed by atoms with van der Waals surface area (Å²) in [5.74, 6) is 0.898. The lowest BCUT2D eigenvalue weighted by Crippen LogP contribution is -2.36. The molecule has 0 saturated carbocycles. The van der Waals surface area contributed by atoms with Gasteiger partial charge in [0, 0.05) is 24.7 Å². The van der Waals surface area contributed by atoms with Gasteiger partial charge in [0.15, 0.2) is 5.65 Å². The van der Waals surface area contributed by atoms with Crippen LogP contribution in [-0.2, 0) is 4.79 Å². The van der Waals surface area contributed by atoms with Gasteiger partial charge in [0.2, 0.25) is 0 Å². The lowest BCUT2D eigenvalue weighted by Gasteiger charge is -2.30. The van der Waals surface area contributed by atoms with E-state index in [-0.39, 0.29) is 5.97 Å². The Kier molecular flexibility index (Phi) is 5.32. The van der Waals surface area contributed by atoms with Crippen molar-refractivity contribution in [2.24, 2.45) is 0 Å². The van der Waals surface area contributed by atoms with Gasteiger partial charge in [0.05, 0.1) is 10.2 Å². The van der Waals surface area contributed by atoms with Gasteiger partial charge < -0.3 is 19.9 Å². The highest BCUT2D eigenvalue weighted by molar-refractivity contribution is 9.10. The minimum Gasteiger partial charge on any atom is -0.427 e. The molecule has 2 N–H and O–H groups in total. The van der Waals surface area contributed by atoms with Gasteiger partial charge in [0.25, 0.3) is 0 Å². The zero-order valence-electron chi connectivity index (χ0n) is 15.8. The highest BCUT2D eigenvalue weighted by Crippen LogP contribution is 2.32. The fourth-order valence-electron chi connectivity index (χ4n) is 3.42. The van der Waals surface area contributed by atoms with Crippen molar-refractivity contribution < 1.29 is 9.53 Å². The summed E-state index contributed by atoms with van der Waals surface area (Å²) >= 11 is 3.62. The molecule has 1 saturated heterocycles. The van der Waals surface area contributed by atoms with Crippen LogP contribution in [0, 0.1) is 0 Å². The summed E-state index contributed by atoms with van der Waals surface area (Å²) in [6, 6.07) is 7.67. The maximum Gasteiger partial charge on any atom is 0.308 e. The largest absolute Gasteiger partial charge is 0.427 e. The first kappa shape index (κ1) is 18.9. The number of carbonyl (C=O) groups is 1. The summed E-state index contributed by atoms with van der Waals surface area (Å²) in [4.78, 5) is 25.9. The van der Waals surface area contributed by atoms with E-state index in [2.05, 4.69) is 48.1 Å². The topological polar surface area (TPSA) is 83.1 Å². The number of hydrogen-bond acceptors (Lipinski definition) is 6. The number of ether oxygens (including phenoxy) is 1. The van der Waals surface area contributed by atoms with Crippen LogP contribution in [0.1, 0.15) is 19.8 Å². The maximum absolute atomic E-state index is 11.1. The predicted molar refractivity (Wildman–Crippen MR) is 112 cm³/mol. The van der Waals surface area contributed by atoms with Gasteiger partial charge in [0.1, 0.15) is 17.1 Å². The minimum absolute atomic E-state index is 0.338. The van der Waals surface area contributed by atoms with Crippen LogP contribution in [0.25, 0.3) is 22.6 Å². The molecule has 146 valence electrons. The van der Waals surface area contributed by atoms with Crippen LogP contribution in [0.2, 0.25) is 0 Å². The number of halogens is 1. The van der Waals surface area contributed by atoms with Crippen LogP contribution in [0.5, 0.6) is 5.75 Å². The molecule has 0 bridgehead atoms. The molecule has 1 aromatic carbocycles. The SMILES string of the molecule is CC(=O)Oc1ccc(-c2nc3ncc(Br)c(NC4CCN(C)CC4)c3[nH]2)cc1. The number of likely N-dealkylation sites (tertiary alicyclic amines) is 1. The Labute approximate surface area is 171 Å². The lowest BCUT2D eigenvalue weighted by atomic mass is 10.1. The van der Waals surface area contributed by atoms with Crippen LogP contribution >= 0.6 is 15.9 Å². The molecule has 2 aromatic heterocycles. The smallest absolute Gasteiger partial charge is 0.308 e. The van der Waals surface area contributed by atoms with Crippen molar-refractivity contribution in [3.05, 3.63) is 34.9 Å². The van der Waals surface area contributed by atoms with E-state index in [1.807, 2.05) is 12.1 Å². The van der Waals surface area contributed by atoms with E-state index in [1.165, 1.54) is 6.92 Å². The van der Waals surface area contributed by atoms with E-state index in [1.54, 1.807) is 18.3 Å². The zero-order chi connectivity index (χ0) is 19.7. The quantitative estimate of drug-likeness (QED) is 0.470. The van der Waals surface area contributed by atoms with E-state index in [0.29, 0.717) is 17.4 Å². The zero-order valence-corrected chi connectivity index (χ0v) is 17.4. The van der Waals surface area contributed by atoms with Crippen LogP contribution in [0.3, 0.4) is 0 Å². The van der Waals surface area contributed by atoms with E-state index in [9.17, 15) is 4.79 Å². The number of H-pyrrole nitrogens is 1. The van der Waals surface area contributed by atoms with Crippen molar-refractivity contribution in [3.8, 4) is 17.1 Å². The first-order valence-corrected chi connectivity index (χ1v) is 10.1. The second-order valence-electron chi connectivity index (χ2n) is 7.11. The molecule has 3 aromatic rings. The molecular formula is C20H22BrN5O2. The summed E-state index contributed by atoms with van der Waals surface area (Å²) in [7, 11) is 2.16. The summed E-state index contributed by atoms with van der Waals surface area (Å²) in [6.45, 7) is 3.56. The Morgan fingerprint density at radius 3 is 2.68 bits per heavy atom. The van der Waals surface area contributed by atoms with E-state index in [0.717, 1.165) is 53.0 Å². The molecule has 7 nitrogen and oxygen atoms in total. The molecule has 28 heavy (non-hydrogen) atoms. The second kappa shape index (κ2) is 7.89. The highest BCUT2D eigenvalue weighted by Gasteiger charge is 2.20. The minimum atomic E-state index is -0.338. The highest BCUT2D eigenvalue weighted by atomic mass is 79.9. The number of carbonyl (C=O) groups excluding carboxylic acids is 1. The standard InChI is InChI=1S/C20H22BrN5O2/c1-12(27)28-15-5-3-13(4-6-15)19-24-18-17(16(21)11-22-20(18)25-19)23-14-7-9-26(2)10-8-14/h3-6,11,14H,7-10H2,1-2H3,(H2,22,23,24,25). The van der Waals surface area contributed by atoms with Crippen molar-refractivity contribution in [3.63, 3.8) is 0 Å². The molecule has 0 aliphatic carbocycles. The summed E-state index contributed by atoms with van der Waals surface area (Å²) in [5, 5.41) is 3.67. The first-order valence-electron chi connectivity index (χ1n) is 9.28. The number of hydrogen-bond donors (Lipinski definition) is 2. The normalized spacial score (nSPS) is 15.7. The van der Waals surface area contributed by atoms with Crippen LogP contribution < -0.4 is 10.1 Å². The predicted octanol–water partition coefficient (Wildman–Crippen LogP) is 3.82. The molecule has 0 radical (unpaired) electrons. The molecule has 0 spiro atoms. The van der Waals surface area contributed by atoms with Gasteiger partial charge in [-0.1, -0.05) is 0 Å². The third-order valence-corrected chi connectivity index (χ3v) is 5.53. The molecule has 0 atom stereocenters. The fraction of sp³-hybridized carbons (Fsp3) is 0.350. The van der Waals surface area contributed by atoms with Gasteiger partial charge in [-0.05, 0) is 73.2 Å². The number of benzene rings is 1. The number of nitrogens with one attached hydrogen (secondary N) is 2. The van der Waals surface area contributed by atoms with E-state index in [4.69, 9.17) is 4.74 Å². The van der Waals surface area contributed by atoms with Gasteiger partial charge >= 0.3 is 5.97 Å². The number of imidazole rings is 1. The Bertz CT molecular complexity index is 994. The number of pyridine rings is 1. The number of fused-ring (bicyclic) bond motifs is 1. The monoisotopic (exact) mass is 443 g/mol. The summed E-state index contributed by atoms with van der Waals surface area (Å²) < 4.78 is 6.01. The molecule has 0 amide bonds. The number of esters is 1. The molecule has 3 heterocycles. The van der Waals surface area contributed by atoms with Crippen LogP contribution in [0.15, 0.2) is 34.9 Å². The number of aromatic amines is 1. The van der Waals surface area contributed by atoms with Crippen molar-refractivity contribution in [1.82, 2.24) is 19.9 Å². The van der Waals surface area contributed by atoms with Crippen LogP contribution in [-0.4, -0.2) is 52.0 Å². The number of anilines is 1. The molecule has 1 aliphatic heterocycles. The fourth-order valence-corrected chi connectivity index (χ4v) is 3.83. The molecule has 1 aliphatic rings. The summed E-state index contributed by atoms with van der Waals surface area (Å²) in [5.41, 5.74) is 3.44. The molecule has 4 rings (SSSR count). The number of rotatable bonds is 4. The number of aromatic nitrogens is 3. The Hall–Kier alpha value is -2.45. The number of nitrogens with zero attached hydrogens (tertiary/aromatic N) is 3. The third kappa shape index (κ3) is 4.02. The summed E-state index contributed by atoms with van der Waals surface area (Å²) in [6.07, 6.45) is 3.99. The average Bonchev–Trinajstić information content (AvgIpc) is 3.10. The van der Waals surface area contributed by atoms with Crippen molar-refractivity contribution in [1.29, 1.82) is 0 Å². The van der Waals surface area contributed by atoms with Crippen LogP contribution in [0.4, 0.5) is 5.69 Å². The molecule has 0 unspecified atom stereocenters. The average molecular weight is 444 g/mol. The van der Waals surface area contributed by atoms with Crippen molar-refractivity contribution >= 4 is 38.8 Å². The van der Waals surface area contributed by atoms with Crippen molar-refractivity contribution in [2.45, 2.75) is 25.8 Å². The lowest BCUT2D eigenvalue weighted by molar-refractivity contribution is -0.131. The van der Waals surface area contributed by atoms with Crippen molar-refractivity contribution in [2.75, 3.05) is 25.5 Å². The molecule has 1 fully saturated rings. The Balaban J connectivity index is 1.62. The maximum atomic E-state index is 11.1. The first-order chi connectivity index (χ1) is 13.5. The molecule has 8 heteroatoms. The second-order valence-corrected chi connectivity index (χ2v) is 7.96. The third-order valence-electron chi connectivity index (χ3n) is 4.93.